The number of halogens is 2. The molecule has 18 nitrogen and oxygen atoms in total. The second kappa shape index (κ2) is 28.2. The van der Waals surface area contributed by atoms with E-state index in [-0.39, 0.29) is 23.8 Å². The number of hydrogen-bond acceptors (Lipinski definition) is 15. The Bertz CT molecular complexity index is 3490. The van der Waals surface area contributed by atoms with E-state index in [1.54, 1.807) is 41.3 Å². The molecular weight excluding hydrogens is 1090 g/mol. The van der Waals surface area contributed by atoms with Gasteiger partial charge in [0.05, 0.1) is 23.1 Å². The van der Waals surface area contributed by atoms with E-state index in [1.807, 2.05) is 105 Å². The lowest BCUT2D eigenvalue weighted by molar-refractivity contribution is -0.120. The number of hydrazone groups is 3. The molecule has 432 valence electrons. The van der Waals surface area contributed by atoms with Crippen LogP contribution in [0.25, 0.3) is 0 Å². The molecule has 0 aromatic heterocycles. The SMILES string of the molecule is CC(=O)NNC1=Nc2ccc(C(C)C(C)C)cc2C(c2ccccc2)=NN1C.CC(=O)NNC1=Nc2ccc(Cl)cc2C(c2ccc(C(C)C(C)C)cc2)=NN1C.CC(=O)NNC1=Nc2ccc(Cl)cc2C(c2ccccc2)=NN1C(C)C. The first-order valence-electron chi connectivity index (χ1n) is 27.4. The van der Waals surface area contributed by atoms with E-state index in [0.717, 1.165) is 56.2 Å². The van der Waals surface area contributed by atoms with Crippen LogP contribution in [0, 0.1) is 11.8 Å². The summed E-state index contributed by atoms with van der Waals surface area (Å²) in [4.78, 5) is 47.9. The highest BCUT2D eigenvalue weighted by Crippen LogP contribution is 2.34. The second-order valence-corrected chi connectivity index (χ2v) is 21.9. The Balaban J connectivity index is 0.000000179. The minimum absolute atomic E-state index is 0.0125. The van der Waals surface area contributed by atoms with Crippen molar-refractivity contribution in [2.24, 2.45) is 42.1 Å². The molecule has 3 amide bonds. The molecule has 0 fully saturated rings. The van der Waals surface area contributed by atoms with Crippen LogP contribution in [0.15, 0.2) is 170 Å². The Hall–Kier alpha value is -8.87. The summed E-state index contributed by atoms with van der Waals surface area (Å²) in [6, 6.07) is 45.7. The Kier molecular flexibility index (Phi) is 21.0. The first kappa shape index (κ1) is 61.7. The molecule has 0 bridgehead atoms. The molecule has 2 atom stereocenters. The largest absolute Gasteiger partial charge is 0.274 e. The normalized spacial score (nSPS) is 14.2. The van der Waals surface area contributed by atoms with E-state index >= 15 is 0 Å². The Labute approximate surface area is 496 Å². The quantitative estimate of drug-likeness (QED) is 0.0801. The zero-order valence-electron chi connectivity index (χ0n) is 49.2. The summed E-state index contributed by atoms with van der Waals surface area (Å²) < 4.78 is 0. The van der Waals surface area contributed by atoms with Gasteiger partial charge in [-0.15, -0.1) is 0 Å². The van der Waals surface area contributed by atoms with Crippen molar-refractivity contribution in [3.63, 3.8) is 0 Å². The smallest absolute Gasteiger partial charge is 0.239 e. The number of carbonyl (C=O) groups excluding carboxylic acids is 3. The Morgan fingerprint density at radius 3 is 1.18 bits per heavy atom. The summed E-state index contributed by atoms with van der Waals surface area (Å²) in [7, 11) is 3.58. The average molecular weight is 1160 g/mol. The van der Waals surface area contributed by atoms with Gasteiger partial charge in [-0.2, -0.15) is 15.3 Å². The zero-order chi connectivity index (χ0) is 60.1. The number of benzene rings is 6. The van der Waals surface area contributed by atoms with E-state index in [0.29, 0.717) is 63.0 Å². The van der Waals surface area contributed by atoms with Crippen LogP contribution in [0.4, 0.5) is 17.1 Å². The average Bonchev–Trinajstić information content (AvgIpc) is 3.91. The van der Waals surface area contributed by atoms with Crippen LogP contribution in [-0.2, 0) is 14.4 Å². The molecule has 83 heavy (non-hydrogen) atoms. The summed E-state index contributed by atoms with van der Waals surface area (Å²) >= 11 is 12.5. The molecule has 0 aliphatic carbocycles. The third-order valence-electron chi connectivity index (χ3n) is 13.8. The number of hydrogen-bond donors (Lipinski definition) is 6. The standard InChI is InChI=1S/C22H26ClN5O.C22H27N5O.C19H20ClN5O/c1-13(2)14(3)16-6-8-17(9-7-16)21-19-12-18(23)10-11-20(19)24-22(28(5)27-21)26-25-15(4)29;1-14(2)15(3)18-11-12-20-19(13-18)21(17-9-7-6-8-10-17)26-27(5)22(23-20)25-24-16(4)28;1-12(2)25-19(23-22-13(3)26)21-17-10-9-15(20)11-16(17)18(24-25)14-7-5-4-6-8-14/h6-14H,1-5H3,(H,24,26)(H,25,29);6-15H,1-5H3,(H,23,25)(H,24,28);4-12H,1-3H3,(H,21,23)(H,22,26). The van der Waals surface area contributed by atoms with Crippen molar-refractivity contribution >= 4 is 93.0 Å². The number of nitrogens with zero attached hydrogens (tertiary/aromatic N) is 9. The monoisotopic (exact) mass is 1160 g/mol. The van der Waals surface area contributed by atoms with Gasteiger partial charge >= 0.3 is 0 Å². The lowest BCUT2D eigenvalue weighted by atomic mass is 9.88. The summed E-state index contributed by atoms with van der Waals surface area (Å²) in [5.41, 5.74) is 28.9. The number of fused-ring (bicyclic) bond motifs is 3. The molecule has 3 aliphatic rings. The van der Waals surface area contributed by atoms with Crippen LogP contribution in [0.2, 0.25) is 10.0 Å². The highest BCUT2D eigenvalue weighted by molar-refractivity contribution is 6.32. The molecule has 20 heteroatoms. The first-order valence-corrected chi connectivity index (χ1v) is 28.2. The third kappa shape index (κ3) is 16.2. The van der Waals surface area contributed by atoms with Crippen LogP contribution < -0.4 is 32.6 Å². The number of rotatable bonds is 8. The fraction of sp³-hybridized carbons (Fsp3) is 0.286. The molecular formula is C63H73Cl2N15O3. The van der Waals surface area contributed by atoms with Crippen LogP contribution in [0.5, 0.6) is 0 Å². The third-order valence-corrected chi connectivity index (χ3v) is 14.3. The number of guanidine groups is 3. The summed E-state index contributed by atoms with van der Waals surface area (Å²) in [6.45, 7) is 21.7. The van der Waals surface area contributed by atoms with Crippen molar-refractivity contribution in [1.29, 1.82) is 0 Å². The van der Waals surface area contributed by atoms with Gasteiger partial charge < -0.3 is 0 Å². The van der Waals surface area contributed by atoms with Crippen molar-refractivity contribution < 1.29 is 14.4 Å². The molecule has 6 aromatic carbocycles. The minimum atomic E-state index is -0.222. The van der Waals surface area contributed by atoms with Gasteiger partial charge in [-0.25, -0.2) is 30.0 Å². The fourth-order valence-electron chi connectivity index (χ4n) is 8.61. The maximum absolute atomic E-state index is 11.3. The topological polar surface area (TPSA) is 207 Å². The number of nitrogens with one attached hydrogen (secondary N) is 6. The summed E-state index contributed by atoms with van der Waals surface area (Å²) in [5, 5.41) is 20.6. The molecule has 0 spiro atoms. The predicted octanol–water partition coefficient (Wildman–Crippen LogP) is 11.6. The Morgan fingerprint density at radius 1 is 0.422 bits per heavy atom. The molecule has 3 heterocycles. The lowest BCUT2D eigenvalue weighted by Gasteiger charge is -2.25. The van der Waals surface area contributed by atoms with E-state index in [1.165, 1.54) is 31.9 Å². The van der Waals surface area contributed by atoms with E-state index in [9.17, 15) is 14.4 Å². The number of hydrazine groups is 3. The number of amides is 3. The number of aliphatic imine (C=N–C) groups is 3. The number of carbonyl (C=O) groups is 3. The van der Waals surface area contributed by atoms with Gasteiger partial charge in [-0.1, -0.05) is 156 Å². The van der Waals surface area contributed by atoms with E-state index in [2.05, 4.69) is 120 Å². The van der Waals surface area contributed by atoms with E-state index < -0.39 is 0 Å². The van der Waals surface area contributed by atoms with Gasteiger partial charge in [0.25, 0.3) is 0 Å². The van der Waals surface area contributed by atoms with Gasteiger partial charge in [0.1, 0.15) is 17.1 Å². The Morgan fingerprint density at radius 2 is 0.771 bits per heavy atom. The molecule has 0 radical (unpaired) electrons. The van der Waals surface area contributed by atoms with Crippen molar-refractivity contribution in [1.82, 2.24) is 47.6 Å². The van der Waals surface area contributed by atoms with Gasteiger partial charge in [0.2, 0.25) is 35.6 Å². The van der Waals surface area contributed by atoms with Gasteiger partial charge in [-0.3, -0.25) is 46.9 Å². The van der Waals surface area contributed by atoms with Gasteiger partial charge in [-0.05, 0) is 97.2 Å². The molecule has 3 aliphatic heterocycles. The summed E-state index contributed by atoms with van der Waals surface area (Å²) in [5.74, 6) is 2.65. The van der Waals surface area contributed by atoms with Crippen molar-refractivity contribution in [2.45, 2.75) is 94.0 Å². The van der Waals surface area contributed by atoms with Crippen LogP contribution in [-0.4, -0.2) is 87.9 Å². The van der Waals surface area contributed by atoms with Gasteiger partial charge in [0, 0.05) is 78.3 Å². The van der Waals surface area contributed by atoms with Crippen molar-refractivity contribution in [2.75, 3.05) is 14.1 Å². The van der Waals surface area contributed by atoms with Crippen molar-refractivity contribution in [3.8, 4) is 0 Å². The summed E-state index contributed by atoms with van der Waals surface area (Å²) in [6.07, 6.45) is 0. The van der Waals surface area contributed by atoms with Crippen LogP contribution in [0.3, 0.4) is 0 Å². The van der Waals surface area contributed by atoms with Crippen LogP contribution >= 0.6 is 23.2 Å². The van der Waals surface area contributed by atoms with Crippen LogP contribution in [0.1, 0.15) is 133 Å². The highest BCUT2D eigenvalue weighted by atomic mass is 35.5. The maximum atomic E-state index is 11.3. The second-order valence-electron chi connectivity index (χ2n) is 21.1. The predicted molar refractivity (Wildman–Crippen MR) is 337 cm³/mol. The molecule has 2 unspecified atom stereocenters. The maximum Gasteiger partial charge on any atom is 0.239 e. The highest BCUT2D eigenvalue weighted by Gasteiger charge is 2.26. The molecule has 0 saturated carbocycles. The molecule has 9 rings (SSSR count). The zero-order valence-corrected chi connectivity index (χ0v) is 50.7. The van der Waals surface area contributed by atoms with E-state index in [4.69, 9.17) is 43.5 Å². The first-order chi connectivity index (χ1) is 39.6. The lowest BCUT2D eigenvalue weighted by Crippen LogP contribution is -2.49. The fourth-order valence-corrected chi connectivity index (χ4v) is 8.95. The van der Waals surface area contributed by atoms with Gasteiger partial charge in [0.15, 0.2) is 0 Å². The molecule has 6 aromatic rings. The molecule has 0 saturated heterocycles. The minimum Gasteiger partial charge on any atom is -0.274 e. The molecule has 6 N–H and O–H groups in total. The van der Waals surface area contributed by atoms with Crippen molar-refractivity contribution in [3.05, 3.63) is 194 Å².